The highest BCUT2D eigenvalue weighted by Gasteiger charge is 2.26. The molecule has 0 bridgehead atoms. The van der Waals surface area contributed by atoms with E-state index >= 15 is 0 Å². The van der Waals surface area contributed by atoms with E-state index in [0.717, 1.165) is 22.7 Å². The Morgan fingerprint density at radius 2 is 0.750 bits per heavy atom. The molecule has 1 atom stereocenters. The first-order chi connectivity index (χ1) is 31.6. The number of para-hydroxylation sites is 1. The zero-order valence-corrected chi connectivity index (χ0v) is 35.6. The summed E-state index contributed by atoms with van der Waals surface area (Å²) >= 11 is 0. The zero-order chi connectivity index (χ0) is 42.6. The van der Waals surface area contributed by atoms with Gasteiger partial charge in [-0.15, -0.1) is 0 Å². The van der Waals surface area contributed by atoms with Gasteiger partial charge in [-0.05, 0) is 133 Å². The molecule has 10 aromatic carbocycles. The molecule has 2 nitrogen and oxygen atoms in total. The van der Waals surface area contributed by atoms with Crippen molar-refractivity contribution in [3.05, 3.63) is 254 Å². The molecule has 11 aromatic rings. The smallest absolute Gasteiger partial charge is 0.0541 e. The fraction of sp³-hybridized carbons (Fsp3) is 0.0323. The molecule has 0 N–H and O–H groups in total. The predicted octanol–water partition coefficient (Wildman–Crippen LogP) is 17.1. The predicted molar refractivity (Wildman–Crippen MR) is 270 cm³/mol. The number of rotatable bonds is 8. The van der Waals surface area contributed by atoms with E-state index in [0.29, 0.717) is 5.92 Å². The molecule has 0 fully saturated rings. The average Bonchev–Trinajstić information content (AvgIpc) is 3.86. The number of benzene rings is 10. The van der Waals surface area contributed by atoms with Crippen LogP contribution in [0.15, 0.2) is 243 Å². The molecule has 1 aliphatic carbocycles. The number of aromatic nitrogens is 1. The standard InChI is InChI=1S/C62H44N2/c1-42-55-16-8-9-17-56(55)57-38-37-54(41-59(42)57)63(51-31-24-48(25-32-51)46-22-20-45(21-23-46)43-12-4-2-5-13-43)52-33-28-49(29-34-52)50-30-39-62-60(40-50)58-18-10-11-19-61(58)64(62)53-35-26-47(27-36-53)44-14-6-3-7-15-44/h2-42H,1H3. The van der Waals surface area contributed by atoms with Crippen molar-refractivity contribution < 1.29 is 0 Å². The van der Waals surface area contributed by atoms with Crippen LogP contribution in [0.1, 0.15) is 24.0 Å². The van der Waals surface area contributed by atoms with Crippen LogP contribution in [0.5, 0.6) is 0 Å². The second-order valence-electron chi connectivity index (χ2n) is 17.0. The Labute approximate surface area is 374 Å². The number of fused-ring (bicyclic) bond motifs is 6. The zero-order valence-electron chi connectivity index (χ0n) is 35.6. The molecule has 0 amide bonds. The summed E-state index contributed by atoms with van der Waals surface area (Å²) in [7, 11) is 0. The Bertz CT molecular complexity index is 3460. The van der Waals surface area contributed by atoms with Crippen LogP contribution in [0.25, 0.3) is 83.1 Å². The number of hydrogen-bond acceptors (Lipinski definition) is 1. The molecule has 0 spiro atoms. The van der Waals surface area contributed by atoms with Crippen LogP contribution in [-0.2, 0) is 0 Å². The molecule has 64 heavy (non-hydrogen) atoms. The van der Waals surface area contributed by atoms with Gasteiger partial charge < -0.3 is 9.47 Å². The first-order valence-corrected chi connectivity index (χ1v) is 22.2. The third-order valence-corrected chi connectivity index (χ3v) is 13.3. The first kappa shape index (κ1) is 37.6. The lowest BCUT2D eigenvalue weighted by molar-refractivity contribution is 0.956. The summed E-state index contributed by atoms with van der Waals surface area (Å²) in [6.45, 7) is 2.33. The van der Waals surface area contributed by atoms with E-state index < -0.39 is 0 Å². The average molecular weight is 817 g/mol. The summed E-state index contributed by atoms with van der Waals surface area (Å²) in [5.41, 5.74) is 22.0. The molecule has 1 heterocycles. The normalized spacial score (nSPS) is 12.9. The van der Waals surface area contributed by atoms with Gasteiger partial charge in [0.1, 0.15) is 0 Å². The molecule has 1 aliphatic rings. The van der Waals surface area contributed by atoms with Crippen molar-refractivity contribution in [3.63, 3.8) is 0 Å². The second kappa shape index (κ2) is 15.6. The van der Waals surface area contributed by atoms with Crippen molar-refractivity contribution in [3.8, 4) is 61.3 Å². The molecule has 1 aromatic heterocycles. The van der Waals surface area contributed by atoms with Gasteiger partial charge in [-0.2, -0.15) is 0 Å². The molecule has 0 radical (unpaired) electrons. The van der Waals surface area contributed by atoms with Crippen molar-refractivity contribution in [2.75, 3.05) is 4.90 Å². The van der Waals surface area contributed by atoms with E-state index in [2.05, 4.69) is 259 Å². The molecule has 1 unspecified atom stereocenters. The van der Waals surface area contributed by atoms with E-state index in [1.54, 1.807) is 0 Å². The summed E-state index contributed by atoms with van der Waals surface area (Å²) in [6.07, 6.45) is 0. The molecule has 0 saturated heterocycles. The molecular formula is C62H44N2. The lowest BCUT2D eigenvalue weighted by atomic mass is 9.98. The van der Waals surface area contributed by atoms with E-state index in [1.807, 2.05) is 0 Å². The minimum atomic E-state index is 0.325. The van der Waals surface area contributed by atoms with Gasteiger partial charge in [0.15, 0.2) is 0 Å². The topological polar surface area (TPSA) is 8.17 Å². The van der Waals surface area contributed by atoms with Gasteiger partial charge in [0, 0.05) is 39.4 Å². The molecule has 302 valence electrons. The summed E-state index contributed by atoms with van der Waals surface area (Å²) in [6, 6.07) is 88.7. The van der Waals surface area contributed by atoms with E-state index in [1.165, 1.54) is 88.6 Å². The highest BCUT2D eigenvalue weighted by Crippen LogP contribution is 2.48. The Hall–Kier alpha value is -8.20. The van der Waals surface area contributed by atoms with E-state index in [9.17, 15) is 0 Å². The van der Waals surface area contributed by atoms with Crippen LogP contribution in [0.3, 0.4) is 0 Å². The van der Waals surface area contributed by atoms with Crippen LogP contribution in [0, 0.1) is 0 Å². The monoisotopic (exact) mass is 816 g/mol. The van der Waals surface area contributed by atoms with Gasteiger partial charge in [0.25, 0.3) is 0 Å². The highest BCUT2D eigenvalue weighted by atomic mass is 15.1. The minimum Gasteiger partial charge on any atom is -0.310 e. The van der Waals surface area contributed by atoms with Gasteiger partial charge in [-0.3, -0.25) is 0 Å². The maximum atomic E-state index is 2.41. The Morgan fingerprint density at radius 3 is 1.38 bits per heavy atom. The maximum absolute atomic E-state index is 2.41. The summed E-state index contributed by atoms with van der Waals surface area (Å²) in [5, 5.41) is 2.49. The van der Waals surface area contributed by atoms with Crippen LogP contribution in [0.4, 0.5) is 17.1 Å². The third kappa shape index (κ3) is 6.51. The van der Waals surface area contributed by atoms with E-state index in [-0.39, 0.29) is 0 Å². The third-order valence-electron chi connectivity index (χ3n) is 13.3. The number of anilines is 3. The van der Waals surface area contributed by atoms with Gasteiger partial charge in [-0.1, -0.05) is 183 Å². The molecule has 0 saturated carbocycles. The fourth-order valence-electron chi connectivity index (χ4n) is 9.98. The van der Waals surface area contributed by atoms with Gasteiger partial charge >= 0.3 is 0 Å². The van der Waals surface area contributed by atoms with Crippen LogP contribution >= 0.6 is 0 Å². The quantitative estimate of drug-likeness (QED) is 0.148. The van der Waals surface area contributed by atoms with Crippen LogP contribution < -0.4 is 4.90 Å². The molecule has 2 heteroatoms. The highest BCUT2D eigenvalue weighted by molar-refractivity contribution is 6.10. The summed E-state index contributed by atoms with van der Waals surface area (Å²) in [5.74, 6) is 0.325. The van der Waals surface area contributed by atoms with Crippen molar-refractivity contribution in [2.24, 2.45) is 0 Å². The molecular weight excluding hydrogens is 773 g/mol. The Morgan fingerprint density at radius 1 is 0.312 bits per heavy atom. The number of nitrogens with zero attached hydrogens (tertiary/aromatic N) is 2. The minimum absolute atomic E-state index is 0.325. The number of hydrogen-bond donors (Lipinski definition) is 0. The van der Waals surface area contributed by atoms with Crippen molar-refractivity contribution >= 4 is 38.9 Å². The largest absolute Gasteiger partial charge is 0.310 e. The molecule has 0 aliphatic heterocycles. The van der Waals surface area contributed by atoms with Gasteiger partial charge in [-0.25, -0.2) is 0 Å². The fourth-order valence-corrected chi connectivity index (χ4v) is 9.98. The van der Waals surface area contributed by atoms with Crippen molar-refractivity contribution in [2.45, 2.75) is 12.8 Å². The first-order valence-electron chi connectivity index (χ1n) is 22.2. The van der Waals surface area contributed by atoms with E-state index in [4.69, 9.17) is 0 Å². The molecule has 12 rings (SSSR count). The Balaban J connectivity index is 0.901. The second-order valence-corrected chi connectivity index (χ2v) is 17.0. The lowest BCUT2D eigenvalue weighted by Crippen LogP contribution is -2.10. The lowest BCUT2D eigenvalue weighted by Gasteiger charge is -2.27. The summed E-state index contributed by atoms with van der Waals surface area (Å²) < 4.78 is 2.39. The van der Waals surface area contributed by atoms with Crippen LogP contribution in [-0.4, -0.2) is 4.57 Å². The SMILES string of the molecule is CC1c2ccccc2-c2ccc(N(c3ccc(-c4ccc(-c5ccccc5)cc4)cc3)c3ccc(-c4ccc5c(c4)c4ccccc4n5-c4ccc(-c5ccccc5)cc4)cc3)cc21. The van der Waals surface area contributed by atoms with Gasteiger partial charge in [0.05, 0.1) is 11.0 Å². The van der Waals surface area contributed by atoms with Gasteiger partial charge in [0.2, 0.25) is 0 Å². The van der Waals surface area contributed by atoms with Crippen LogP contribution in [0.2, 0.25) is 0 Å². The Kier molecular flexibility index (Phi) is 9.16. The van der Waals surface area contributed by atoms with Crippen molar-refractivity contribution in [1.82, 2.24) is 4.57 Å². The summed E-state index contributed by atoms with van der Waals surface area (Å²) in [4.78, 5) is 2.40. The maximum Gasteiger partial charge on any atom is 0.0541 e. The van der Waals surface area contributed by atoms with Crippen molar-refractivity contribution in [1.29, 1.82) is 0 Å².